The lowest BCUT2D eigenvalue weighted by atomic mass is 10.3. The van der Waals surface area contributed by atoms with E-state index in [9.17, 15) is 14.0 Å². The molecule has 9 heteroatoms. The number of aromatic nitrogens is 3. The van der Waals surface area contributed by atoms with Gasteiger partial charge in [0.05, 0.1) is 23.6 Å². The van der Waals surface area contributed by atoms with Crippen LogP contribution in [0.2, 0.25) is 0 Å². The summed E-state index contributed by atoms with van der Waals surface area (Å²) >= 11 is 1.19. The third kappa shape index (κ3) is 4.80. The highest BCUT2D eigenvalue weighted by molar-refractivity contribution is 7.14. The van der Waals surface area contributed by atoms with Crippen LogP contribution in [-0.2, 0) is 9.59 Å². The van der Waals surface area contributed by atoms with Gasteiger partial charge in [-0.05, 0) is 31.6 Å². The maximum Gasteiger partial charge on any atom is 0.249 e. The SMILES string of the molecule is CCC(C)n1nccc1NC(=O)/C=C/c1csc(N(C(C)=O)c2ccccc2F)n1. The van der Waals surface area contributed by atoms with E-state index >= 15 is 0 Å². The smallest absolute Gasteiger partial charge is 0.249 e. The van der Waals surface area contributed by atoms with Gasteiger partial charge in [0.2, 0.25) is 11.8 Å². The molecule has 0 radical (unpaired) electrons. The molecule has 1 atom stereocenters. The van der Waals surface area contributed by atoms with Gasteiger partial charge in [-0.1, -0.05) is 19.1 Å². The summed E-state index contributed by atoms with van der Waals surface area (Å²) in [7, 11) is 0. The van der Waals surface area contributed by atoms with Crippen LogP contribution in [0.25, 0.3) is 6.08 Å². The second kappa shape index (κ2) is 9.45. The summed E-state index contributed by atoms with van der Waals surface area (Å²) in [5, 5.41) is 9.04. The lowest BCUT2D eigenvalue weighted by molar-refractivity contribution is -0.116. The topological polar surface area (TPSA) is 80.1 Å². The lowest BCUT2D eigenvalue weighted by Gasteiger charge is -2.18. The minimum Gasteiger partial charge on any atom is -0.307 e. The predicted molar refractivity (Wildman–Crippen MR) is 116 cm³/mol. The van der Waals surface area contributed by atoms with Gasteiger partial charge < -0.3 is 5.32 Å². The number of halogens is 1. The highest BCUT2D eigenvalue weighted by Crippen LogP contribution is 2.31. The van der Waals surface area contributed by atoms with Gasteiger partial charge in [-0.2, -0.15) is 5.10 Å². The van der Waals surface area contributed by atoms with Gasteiger partial charge in [-0.3, -0.25) is 14.5 Å². The molecule has 30 heavy (non-hydrogen) atoms. The molecule has 3 rings (SSSR count). The first-order valence-corrected chi connectivity index (χ1v) is 10.3. The Hall–Kier alpha value is -3.33. The van der Waals surface area contributed by atoms with Crippen molar-refractivity contribution in [2.45, 2.75) is 33.2 Å². The third-order valence-electron chi connectivity index (χ3n) is 4.44. The van der Waals surface area contributed by atoms with Gasteiger partial charge in [0, 0.05) is 24.4 Å². The van der Waals surface area contributed by atoms with Crippen LogP contribution in [0.15, 0.2) is 48.0 Å². The lowest BCUT2D eigenvalue weighted by Crippen LogP contribution is -2.23. The van der Waals surface area contributed by atoms with Crippen molar-refractivity contribution in [3.05, 3.63) is 59.5 Å². The molecular weight excluding hydrogens is 405 g/mol. The van der Waals surface area contributed by atoms with Crippen molar-refractivity contribution in [2.24, 2.45) is 0 Å². The van der Waals surface area contributed by atoms with E-state index < -0.39 is 5.82 Å². The number of nitrogens with zero attached hydrogens (tertiary/aromatic N) is 4. The first-order valence-electron chi connectivity index (χ1n) is 9.44. The molecule has 0 spiro atoms. The molecule has 0 aliphatic heterocycles. The van der Waals surface area contributed by atoms with Gasteiger partial charge in [0.15, 0.2) is 5.13 Å². The molecule has 1 unspecified atom stereocenters. The van der Waals surface area contributed by atoms with E-state index in [0.29, 0.717) is 16.6 Å². The fraction of sp³-hybridized carbons (Fsp3) is 0.238. The monoisotopic (exact) mass is 427 g/mol. The zero-order valence-electron chi connectivity index (χ0n) is 16.9. The van der Waals surface area contributed by atoms with Crippen molar-refractivity contribution in [3.8, 4) is 0 Å². The van der Waals surface area contributed by atoms with Crippen LogP contribution in [0.3, 0.4) is 0 Å². The van der Waals surface area contributed by atoms with Gasteiger partial charge in [-0.25, -0.2) is 14.1 Å². The Morgan fingerprint density at radius 3 is 2.80 bits per heavy atom. The van der Waals surface area contributed by atoms with Crippen LogP contribution in [0.5, 0.6) is 0 Å². The maximum atomic E-state index is 14.2. The van der Waals surface area contributed by atoms with Crippen molar-refractivity contribution in [1.29, 1.82) is 0 Å². The van der Waals surface area contributed by atoms with Crippen molar-refractivity contribution in [3.63, 3.8) is 0 Å². The van der Waals surface area contributed by atoms with Gasteiger partial charge in [0.1, 0.15) is 11.6 Å². The standard InChI is InChI=1S/C21H22FN5O2S/c1-4-14(2)27-19(11-12-23-27)25-20(29)10-9-16-13-30-21(24-16)26(15(3)28)18-8-6-5-7-17(18)22/h5-14H,4H2,1-3H3,(H,25,29)/b10-9+. The number of benzene rings is 1. The molecule has 0 fully saturated rings. The van der Waals surface area contributed by atoms with Crippen molar-refractivity contribution >= 4 is 45.9 Å². The van der Waals surface area contributed by atoms with E-state index in [1.807, 2.05) is 13.8 Å². The molecule has 3 aromatic rings. The summed E-state index contributed by atoms with van der Waals surface area (Å²) in [6, 6.07) is 7.90. The minimum absolute atomic E-state index is 0.130. The van der Waals surface area contributed by atoms with Crippen molar-refractivity contribution < 1.29 is 14.0 Å². The van der Waals surface area contributed by atoms with E-state index in [1.54, 1.807) is 40.5 Å². The predicted octanol–water partition coefficient (Wildman–Crippen LogP) is 4.79. The quantitative estimate of drug-likeness (QED) is 0.550. The number of anilines is 3. The summed E-state index contributed by atoms with van der Waals surface area (Å²) in [5.74, 6) is -0.592. The number of carbonyl (C=O) groups is 2. The van der Waals surface area contributed by atoms with Crippen LogP contribution in [0.1, 0.15) is 38.9 Å². The molecule has 0 saturated carbocycles. The molecule has 156 valence electrons. The zero-order valence-corrected chi connectivity index (χ0v) is 17.7. The molecule has 0 aliphatic carbocycles. The Balaban J connectivity index is 1.74. The van der Waals surface area contributed by atoms with Gasteiger partial charge in [0.25, 0.3) is 0 Å². The molecule has 7 nitrogen and oxygen atoms in total. The van der Waals surface area contributed by atoms with Crippen LogP contribution in [-0.4, -0.2) is 26.6 Å². The Kier molecular flexibility index (Phi) is 6.73. The molecule has 2 amide bonds. The van der Waals surface area contributed by atoms with Crippen LogP contribution >= 0.6 is 11.3 Å². The highest BCUT2D eigenvalue weighted by Gasteiger charge is 2.20. The number of carbonyl (C=O) groups excluding carboxylic acids is 2. The molecule has 0 aliphatic rings. The van der Waals surface area contributed by atoms with Crippen molar-refractivity contribution in [2.75, 3.05) is 10.2 Å². The summed E-state index contributed by atoms with van der Waals surface area (Å²) in [5.41, 5.74) is 0.620. The van der Waals surface area contributed by atoms with Crippen LogP contribution in [0.4, 0.5) is 21.0 Å². The molecule has 1 N–H and O–H groups in total. The molecule has 0 saturated heterocycles. The normalized spacial score (nSPS) is 12.1. The number of nitrogens with one attached hydrogen (secondary N) is 1. The Labute approximate surface area is 177 Å². The fourth-order valence-corrected chi connectivity index (χ4v) is 3.61. The average molecular weight is 428 g/mol. The first kappa shape index (κ1) is 21.4. The molecule has 2 aromatic heterocycles. The van der Waals surface area contributed by atoms with E-state index in [4.69, 9.17) is 0 Å². The second-order valence-electron chi connectivity index (χ2n) is 6.60. The molecule has 0 bridgehead atoms. The molecule has 2 heterocycles. The minimum atomic E-state index is -0.516. The van der Waals surface area contributed by atoms with E-state index in [0.717, 1.165) is 6.42 Å². The number of hydrogen-bond acceptors (Lipinski definition) is 5. The van der Waals surface area contributed by atoms with E-state index in [2.05, 4.69) is 15.4 Å². The van der Waals surface area contributed by atoms with Crippen LogP contribution < -0.4 is 10.2 Å². The molecule has 1 aromatic carbocycles. The third-order valence-corrected chi connectivity index (χ3v) is 5.29. The maximum absolute atomic E-state index is 14.2. The number of amides is 2. The van der Waals surface area contributed by atoms with Gasteiger partial charge in [-0.15, -0.1) is 11.3 Å². The van der Waals surface area contributed by atoms with E-state index in [1.165, 1.54) is 41.4 Å². The fourth-order valence-electron chi connectivity index (χ4n) is 2.76. The zero-order chi connectivity index (χ0) is 21.7. The number of thiazole rings is 1. The summed E-state index contributed by atoms with van der Waals surface area (Å²) in [6.45, 7) is 5.41. The number of rotatable bonds is 7. The Morgan fingerprint density at radius 2 is 2.10 bits per heavy atom. The number of para-hydroxylation sites is 1. The highest BCUT2D eigenvalue weighted by atomic mass is 32.1. The van der Waals surface area contributed by atoms with Gasteiger partial charge >= 0.3 is 0 Å². The molecular formula is C21H22FN5O2S. The summed E-state index contributed by atoms with van der Waals surface area (Å²) in [6.07, 6.45) is 5.42. The second-order valence-corrected chi connectivity index (χ2v) is 7.44. The Bertz CT molecular complexity index is 1070. The summed E-state index contributed by atoms with van der Waals surface area (Å²) in [4.78, 5) is 29.9. The number of hydrogen-bond donors (Lipinski definition) is 1. The summed E-state index contributed by atoms with van der Waals surface area (Å²) < 4.78 is 15.9. The average Bonchev–Trinajstić information content (AvgIpc) is 3.37. The van der Waals surface area contributed by atoms with Crippen LogP contribution in [0, 0.1) is 5.82 Å². The van der Waals surface area contributed by atoms with Crippen molar-refractivity contribution in [1.82, 2.24) is 14.8 Å². The largest absolute Gasteiger partial charge is 0.307 e. The van der Waals surface area contributed by atoms with E-state index in [-0.39, 0.29) is 23.5 Å². The Morgan fingerprint density at radius 1 is 1.33 bits per heavy atom. The first-order chi connectivity index (χ1) is 14.4.